The number of ether oxygens (including phenoxy) is 2. The van der Waals surface area contributed by atoms with Gasteiger partial charge in [0.15, 0.2) is 6.61 Å². The summed E-state index contributed by atoms with van der Waals surface area (Å²) in [5.74, 6) is 0.593. The summed E-state index contributed by atoms with van der Waals surface area (Å²) < 4.78 is 11.3. The van der Waals surface area contributed by atoms with Crippen molar-refractivity contribution < 1.29 is 24.0 Å². The van der Waals surface area contributed by atoms with Gasteiger partial charge < -0.3 is 19.7 Å². The molecule has 168 valence electrons. The number of nitro benzene ring substituents is 1. The van der Waals surface area contributed by atoms with Crippen LogP contribution in [0.3, 0.4) is 0 Å². The maximum atomic E-state index is 12.5. The predicted octanol–water partition coefficient (Wildman–Crippen LogP) is 3.96. The normalized spacial score (nSPS) is 12.5. The summed E-state index contributed by atoms with van der Waals surface area (Å²) in [6, 6.07) is 18.0. The van der Waals surface area contributed by atoms with Crippen molar-refractivity contribution in [3.05, 3.63) is 88.0 Å². The largest absolute Gasteiger partial charge is 0.492 e. The molecule has 0 unspecified atom stereocenters. The second-order valence-electron chi connectivity index (χ2n) is 7.44. The SMILES string of the molecule is Cc1ccc(OCCN2C(=O)COc3cc(NC(=O)c4ccc([N+](=O)[O-])cc4)ccc32)cc1. The Labute approximate surface area is 189 Å². The molecule has 1 aliphatic heterocycles. The maximum absolute atomic E-state index is 12.5. The molecule has 0 aromatic heterocycles. The lowest BCUT2D eigenvalue weighted by molar-refractivity contribution is -0.384. The maximum Gasteiger partial charge on any atom is 0.269 e. The van der Waals surface area contributed by atoms with Gasteiger partial charge in [0.1, 0.15) is 18.1 Å². The number of carbonyl (C=O) groups is 2. The standard InChI is InChI=1S/C24H21N3O6/c1-16-2-9-20(10-3-16)32-13-12-26-21-11-6-18(14-22(21)33-15-23(26)28)25-24(29)17-4-7-19(8-5-17)27(30)31/h2-11,14H,12-13,15H2,1H3,(H,25,29). The van der Waals surface area contributed by atoms with Crippen molar-refractivity contribution in [2.45, 2.75) is 6.92 Å². The van der Waals surface area contributed by atoms with Gasteiger partial charge in [-0.3, -0.25) is 19.7 Å². The van der Waals surface area contributed by atoms with Gasteiger partial charge in [-0.05, 0) is 43.3 Å². The molecule has 0 saturated heterocycles. The summed E-state index contributed by atoms with van der Waals surface area (Å²) in [5, 5.41) is 13.5. The number of nitrogens with one attached hydrogen (secondary N) is 1. The van der Waals surface area contributed by atoms with Crippen molar-refractivity contribution in [3.8, 4) is 11.5 Å². The Balaban J connectivity index is 1.42. The zero-order chi connectivity index (χ0) is 23.4. The van der Waals surface area contributed by atoms with Crippen LogP contribution in [0.15, 0.2) is 66.7 Å². The molecule has 0 saturated carbocycles. The molecule has 0 fully saturated rings. The summed E-state index contributed by atoms with van der Waals surface area (Å²) in [7, 11) is 0. The molecule has 3 aromatic carbocycles. The van der Waals surface area contributed by atoms with Gasteiger partial charge in [0.2, 0.25) is 0 Å². The van der Waals surface area contributed by atoms with Gasteiger partial charge in [-0.25, -0.2) is 0 Å². The van der Waals surface area contributed by atoms with Crippen LogP contribution in [-0.2, 0) is 4.79 Å². The predicted molar refractivity (Wildman–Crippen MR) is 122 cm³/mol. The fourth-order valence-corrected chi connectivity index (χ4v) is 3.35. The van der Waals surface area contributed by atoms with Crippen LogP contribution in [0.5, 0.6) is 11.5 Å². The number of hydrogen-bond acceptors (Lipinski definition) is 6. The molecule has 0 aliphatic carbocycles. The van der Waals surface area contributed by atoms with Crippen LogP contribution in [0.25, 0.3) is 0 Å². The number of aryl methyl sites for hydroxylation is 1. The first-order chi connectivity index (χ1) is 15.9. The Hall–Kier alpha value is -4.40. The third-order valence-corrected chi connectivity index (χ3v) is 5.11. The zero-order valence-corrected chi connectivity index (χ0v) is 17.8. The smallest absolute Gasteiger partial charge is 0.269 e. The zero-order valence-electron chi connectivity index (χ0n) is 17.8. The van der Waals surface area contributed by atoms with Gasteiger partial charge >= 0.3 is 0 Å². The van der Waals surface area contributed by atoms with E-state index in [2.05, 4.69) is 5.32 Å². The van der Waals surface area contributed by atoms with Gasteiger partial charge in [0, 0.05) is 29.4 Å². The van der Waals surface area contributed by atoms with E-state index in [9.17, 15) is 19.7 Å². The van der Waals surface area contributed by atoms with E-state index in [1.807, 2.05) is 31.2 Å². The van der Waals surface area contributed by atoms with Crippen LogP contribution in [0, 0.1) is 17.0 Å². The molecule has 0 radical (unpaired) electrons. The minimum Gasteiger partial charge on any atom is -0.492 e. The number of non-ortho nitro benzene ring substituents is 1. The van der Waals surface area contributed by atoms with E-state index in [0.717, 1.165) is 11.3 Å². The van der Waals surface area contributed by atoms with E-state index in [-0.39, 0.29) is 23.8 Å². The summed E-state index contributed by atoms with van der Waals surface area (Å²) in [6.07, 6.45) is 0. The van der Waals surface area contributed by atoms with E-state index in [1.54, 1.807) is 23.1 Å². The van der Waals surface area contributed by atoms with E-state index in [4.69, 9.17) is 9.47 Å². The first-order valence-electron chi connectivity index (χ1n) is 10.2. The molecule has 2 amide bonds. The lowest BCUT2D eigenvalue weighted by Gasteiger charge is -2.29. The number of rotatable bonds is 7. The van der Waals surface area contributed by atoms with E-state index in [0.29, 0.717) is 30.3 Å². The van der Waals surface area contributed by atoms with Gasteiger partial charge in [-0.1, -0.05) is 17.7 Å². The first kappa shape index (κ1) is 21.8. The number of anilines is 2. The highest BCUT2D eigenvalue weighted by Gasteiger charge is 2.26. The molecule has 9 nitrogen and oxygen atoms in total. The Morgan fingerprint density at radius 2 is 1.85 bits per heavy atom. The molecule has 1 heterocycles. The highest BCUT2D eigenvalue weighted by Crippen LogP contribution is 2.34. The average Bonchev–Trinajstić information content (AvgIpc) is 2.81. The van der Waals surface area contributed by atoms with Gasteiger partial charge in [-0.15, -0.1) is 0 Å². The second kappa shape index (κ2) is 9.39. The van der Waals surface area contributed by atoms with Crippen molar-refractivity contribution in [2.75, 3.05) is 30.0 Å². The van der Waals surface area contributed by atoms with Crippen molar-refractivity contribution in [1.29, 1.82) is 0 Å². The Morgan fingerprint density at radius 1 is 1.12 bits per heavy atom. The molecule has 0 bridgehead atoms. The Kier molecular flexibility index (Phi) is 6.21. The van der Waals surface area contributed by atoms with Crippen LogP contribution in [-0.4, -0.2) is 36.5 Å². The summed E-state index contributed by atoms with van der Waals surface area (Å²) in [5.41, 5.74) is 2.39. The second-order valence-corrected chi connectivity index (χ2v) is 7.44. The Bertz CT molecular complexity index is 1190. The van der Waals surface area contributed by atoms with Crippen molar-refractivity contribution in [1.82, 2.24) is 0 Å². The fraction of sp³-hybridized carbons (Fsp3) is 0.167. The van der Waals surface area contributed by atoms with Crippen molar-refractivity contribution in [3.63, 3.8) is 0 Å². The Morgan fingerprint density at radius 3 is 2.55 bits per heavy atom. The van der Waals surface area contributed by atoms with E-state index >= 15 is 0 Å². The summed E-state index contributed by atoms with van der Waals surface area (Å²) in [6.45, 7) is 2.54. The first-order valence-corrected chi connectivity index (χ1v) is 10.2. The molecular weight excluding hydrogens is 426 g/mol. The van der Waals surface area contributed by atoms with Gasteiger partial charge in [0.25, 0.3) is 17.5 Å². The van der Waals surface area contributed by atoms with Crippen LogP contribution in [0.4, 0.5) is 17.1 Å². The molecule has 33 heavy (non-hydrogen) atoms. The number of nitro groups is 1. The van der Waals surface area contributed by atoms with Crippen LogP contribution in [0.1, 0.15) is 15.9 Å². The lowest BCUT2D eigenvalue weighted by Crippen LogP contribution is -2.41. The molecule has 0 atom stereocenters. The highest BCUT2D eigenvalue weighted by molar-refractivity contribution is 6.05. The van der Waals surface area contributed by atoms with E-state index < -0.39 is 10.8 Å². The van der Waals surface area contributed by atoms with Crippen molar-refractivity contribution in [2.24, 2.45) is 0 Å². The highest BCUT2D eigenvalue weighted by atomic mass is 16.6. The monoisotopic (exact) mass is 447 g/mol. The van der Waals surface area contributed by atoms with Crippen LogP contribution in [0.2, 0.25) is 0 Å². The number of nitrogens with zero attached hydrogens (tertiary/aromatic N) is 2. The van der Waals surface area contributed by atoms with Gasteiger partial charge in [0.05, 0.1) is 17.2 Å². The number of amides is 2. The molecular formula is C24H21N3O6. The number of carbonyl (C=O) groups excluding carboxylic acids is 2. The van der Waals surface area contributed by atoms with Gasteiger partial charge in [-0.2, -0.15) is 0 Å². The molecule has 1 aliphatic rings. The third-order valence-electron chi connectivity index (χ3n) is 5.11. The minimum absolute atomic E-state index is 0.0927. The summed E-state index contributed by atoms with van der Waals surface area (Å²) in [4.78, 5) is 36.7. The van der Waals surface area contributed by atoms with Crippen LogP contribution < -0.4 is 19.7 Å². The molecule has 9 heteroatoms. The topological polar surface area (TPSA) is 111 Å². The lowest BCUT2D eigenvalue weighted by atomic mass is 10.1. The number of hydrogen-bond donors (Lipinski definition) is 1. The molecule has 3 aromatic rings. The number of fused-ring (bicyclic) bond motifs is 1. The summed E-state index contributed by atoms with van der Waals surface area (Å²) >= 11 is 0. The van der Waals surface area contributed by atoms with E-state index in [1.165, 1.54) is 24.3 Å². The third kappa shape index (κ3) is 5.09. The quantitative estimate of drug-likeness (QED) is 0.434. The molecule has 4 rings (SSSR count). The van der Waals surface area contributed by atoms with Crippen LogP contribution >= 0.6 is 0 Å². The molecule has 0 spiro atoms. The fourth-order valence-electron chi connectivity index (χ4n) is 3.35. The van der Waals surface area contributed by atoms with Crippen molar-refractivity contribution >= 4 is 28.9 Å². The minimum atomic E-state index is -0.526. The number of benzene rings is 3. The average molecular weight is 447 g/mol. The molecule has 1 N–H and O–H groups in total.